The van der Waals surface area contributed by atoms with E-state index < -0.39 is 0 Å². The summed E-state index contributed by atoms with van der Waals surface area (Å²) in [7, 11) is 0. The molecular formula is C30H34N4O3. The van der Waals surface area contributed by atoms with Crippen molar-refractivity contribution >= 4 is 29.0 Å². The summed E-state index contributed by atoms with van der Waals surface area (Å²) in [6, 6.07) is 20.2. The second-order valence-electron chi connectivity index (χ2n) is 9.39. The quantitative estimate of drug-likeness (QED) is 0.395. The fourth-order valence-corrected chi connectivity index (χ4v) is 4.66. The normalized spacial score (nSPS) is 14.2. The van der Waals surface area contributed by atoms with Crippen molar-refractivity contribution in [1.82, 2.24) is 9.88 Å². The van der Waals surface area contributed by atoms with Crippen molar-refractivity contribution in [2.24, 2.45) is 5.92 Å². The van der Waals surface area contributed by atoms with Crippen molar-refractivity contribution in [1.29, 1.82) is 0 Å². The maximum atomic E-state index is 13.5. The maximum absolute atomic E-state index is 13.5. The number of nitrogens with one attached hydrogen (secondary N) is 1. The van der Waals surface area contributed by atoms with Crippen LogP contribution >= 0.6 is 0 Å². The van der Waals surface area contributed by atoms with Gasteiger partial charge >= 0.3 is 0 Å². The number of carbonyl (C=O) groups is 3. The summed E-state index contributed by atoms with van der Waals surface area (Å²) in [6.45, 7) is 4.82. The second kappa shape index (κ2) is 12.9. The maximum Gasteiger partial charge on any atom is 0.258 e. The largest absolute Gasteiger partial charge is 0.326 e. The van der Waals surface area contributed by atoms with E-state index in [1.807, 2.05) is 49.4 Å². The Kier molecular flexibility index (Phi) is 9.16. The minimum Gasteiger partial charge on any atom is -0.326 e. The molecule has 2 aromatic carbocycles. The van der Waals surface area contributed by atoms with Gasteiger partial charge in [0.05, 0.1) is 11.9 Å². The molecule has 0 unspecified atom stereocenters. The third-order valence-electron chi connectivity index (χ3n) is 6.75. The number of benzene rings is 2. The van der Waals surface area contributed by atoms with Crippen molar-refractivity contribution in [2.75, 3.05) is 36.4 Å². The van der Waals surface area contributed by atoms with Gasteiger partial charge in [-0.1, -0.05) is 37.3 Å². The summed E-state index contributed by atoms with van der Waals surface area (Å²) in [6.07, 6.45) is 6.27. The molecule has 1 aliphatic heterocycles. The van der Waals surface area contributed by atoms with Crippen molar-refractivity contribution in [3.63, 3.8) is 0 Å². The van der Waals surface area contributed by atoms with E-state index >= 15 is 0 Å². The van der Waals surface area contributed by atoms with Gasteiger partial charge in [0.2, 0.25) is 5.91 Å². The molecule has 192 valence electrons. The molecule has 0 aliphatic carbocycles. The molecule has 0 bridgehead atoms. The fraction of sp³-hybridized carbons (Fsp3) is 0.333. The summed E-state index contributed by atoms with van der Waals surface area (Å²) in [4.78, 5) is 46.5. The first-order valence-corrected chi connectivity index (χ1v) is 13.0. The van der Waals surface area contributed by atoms with Crippen LogP contribution in [-0.4, -0.2) is 53.7 Å². The minimum atomic E-state index is -0.117. The zero-order valence-electron chi connectivity index (χ0n) is 21.3. The van der Waals surface area contributed by atoms with E-state index in [2.05, 4.69) is 15.2 Å². The molecular weight excluding hydrogens is 464 g/mol. The molecule has 1 aromatic heterocycles. The molecule has 0 spiro atoms. The molecule has 7 nitrogen and oxygen atoms in total. The Morgan fingerprint density at radius 2 is 1.68 bits per heavy atom. The zero-order chi connectivity index (χ0) is 26.0. The number of aromatic nitrogens is 1. The highest BCUT2D eigenvalue weighted by atomic mass is 16.2. The molecule has 0 radical (unpaired) electrons. The number of ketones is 1. The Morgan fingerprint density at radius 3 is 2.32 bits per heavy atom. The van der Waals surface area contributed by atoms with Gasteiger partial charge in [-0.25, -0.2) is 0 Å². The Labute approximate surface area is 218 Å². The highest BCUT2D eigenvalue weighted by Gasteiger charge is 2.26. The van der Waals surface area contributed by atoms with Crippen LogP contribution in [-0.2, 0) is 4.79 Å². The summed E-state index contributed by atoms with van der Waals surface area (Å²) < 4.78 is 0. The number of carbonyl (C=O) groups excluding carboxylic acids is 3. The monoisotopic (exact) mass is 498 g/mol. The lowest BCUT2D eigenvalue weighted by molar-refractivity contribution is -0.116. The van der Waals surface area contributed by atoms with Crippen LogP contribution in [0.15, 0.2) is 79.1 Å². The number of nitrogens with zero attached hydrogens (tertiary/aromatic N) is 3. The molecule has 3 aromatic rings. The smallest absolute Gasteiger partial charge is 0.258 e. The van der Waals surface area contributed by atoms with Crippen LogP contribution in [0.25, 0.3) is 0 Å². The van der Waals surface area contributed by atoms with Crippen LogP contribution in [0.2, 0.25) is 0 Å². The van der Waals surface area contributed by atoms with Gasteiger partial charge in [-0.15, -0.1) is 0 Å². The molecule has 7 heteroatoms. The Bertz CT molecular complexity index is 1170. The van der Waals surface area contributed by atoms with Gasteiger partial charge in [0.1, 0.15) is 0 Å². The number of likely N-dealkylation sites (tertiary alicyclic amines) is 1. The lowest BCUT2D eigenvalue weighted by Crippen LogP contribution is -2.43. The Hall–Kier alpha value is -3.84. The molecule has 1 aliphatic rings. The number of hydrogen-bond acceptors (Lipinski definition) is 5. The number of Topliss-reactive ketones (excluding diaryl/α,β-unsaturated/α-hetero) is 1. The molecule has 37 heavy (non-hydrogen) atoms. The number of amides is 2. The van der Waals surface area contributed by atoms with E-state index in [-0.39, 0.29) is 23.5 Å². The summed E-state index contributed by atoms with van der Waals surface area (Å²) in [5, 5.41) is 2.86. The molecule has 1 N–H and O–H groups in total. The predicted octanol–water partition coefficient (Wildman–Crippen LogP) is 5.06. The standard InChI is InChI=1S/C30H34N4O3/c1-2-7-28(35)32-26-13-11-25(12-14-26)30(37)34(27-10-6-17-31-22-27)21-20-33-18-15-24(16-19-33)29(36)23-8-4-3-5-9-23/h3-6,8-14,17,22,24H,2,7,15-16,18-21H2,1H3,(H,32,35). The number of hydrogen-bond donors (Lipinski definition) is 1. The topological polar surface area (TPSA) is 82.6 Å². The van der Waals surface area contributed by atoms with Gasteiger partial charge in [-0.3, -0.25) is 19.4 Å². The number of anilines is 2. The third kappa shape index (κ3) is 7.11. The van der Waals surface area contributed by atoms with Crippen LogP contribution in [0.4, 0.5) is 11.4 Å². The zero-order valence-corrected chi connectivity index (χ0v) is 21.3. The fourth-order valence-electron chi connectivity index (χ4n) is 4.66. The van der Waals surface area contributed by atoms with E-state index in [9.17, 15) is 14.4 Å². The van der Waals surface area contributed by atoms with Gasteiger partial charge in [-0.2, -0.15) is 0 Å². The third-order valence-corrected chi connectivity index (χ3v) is 6.75. The van der Waals surface area contributed by atoms with E-state index in [4.69, 9.17) is 0 Å². The number of pyridine rings is 1. The lowest BCUT2D eigenvalue weighted by Gasteiger charge is -2.33. The average Bonchev–Trinajstić information content (AvgIpc) is 2.94. The van der Waals surface area contributed by atoms with Crippen molar-refractivity contribution < 1.29 is 14.4 Å². The molecule has 2 amide bonds. The highest BCUT2D eigenvalue weighted by Crippen LogP contribution is 2.23. The Balaban J connectivity index is 1.37. The van der Waals surface area contributed by atoms with Crippen LogP contribution in [0.3, 0.4) is 0 Å². The van der Waals surface area contributed by atoms with Gasteiger partial charge in [0.15, 0.2) is 5.78 Å². The summed E-state index contributed by atoms with van der Waals surface area (Å²) in [5.41, 5.74) is 2.74. The average molecular weight is 499 g/mol. The molecule has 0 saturated carbocycles. The second-order valence-corrected chi connectivity index (χ2v) is 9.39. The number of rotatable bonds is 10. The SMILES string of the molecule is CCCC(=O)Nc1ccc(C(=O)N(CCN2CCC(C(=O)c3ccccc3)CC2)c2cccnc2)cc1. The minimum absolute atomic E-state index is 0.0344. The van der Waals surface area contributed by atoms with Crippen LogP contribution < -0.4 is 10.2 Å². The van der Waals surface area contributed by atoms with Gasteiger partial charge in [0.25, 0.3) is 5.91 Å². The highest BCUT2D eigenvalue weighted by molar-refractivity contribution is 6.06. The lowest BCUT2D eigenvalue weighted by atomic mass is 9.89. The first-order chi connectivity index (χ1) is 18.0. The van der Waals surface area contributed by atoms with Crippen LogP contribution in [0.1, 0.15) is 53.3 Å². The molecule has 1 saturated heterocycles. The summed E-state index contributed by atoms with van der Waals surface area (Å²) >= 11 is 0. The molecule has 0 atom stereocenters. The van der Waals surface area contributed by atoms with Crippen LogP contribution in [0.5, 0.6) is 0 Å². The first-order valence-electron chi connectivity index (χ1n) is 13.0. The van der Waals surface area contributed by atoms with Crippen molar-refractivity contribution in [2.45, 2.75) is 32.6 Å². The van der Waals surface area contributed by atoms with Gasteiger partial charge in [0, 0.05) is 48.4 Å². The van der Waals surface area contributed by atoms with E-state index in [0.717, 1.165) is 43.6 Å². The van der Waals surface area contributed by atoms with Gasteiger partial charge < -0.3 is 15.1 Å². The predicted molar refractivity (Wildman–Crippen MR) is 146 cm³/mol. The van der Waals surface area contributed by atoms with Crippen molar-refractivity contribution in [3.8, 4) is 0 Å². The van der Waals surface area contributed by atoms with E-state index in [0.29, 0.717) is 30.8 Å². The van der Waals surface area contributed by atoms with Crippen LogP contribution in [0, 0.1) is 5.92 Å². The Morgan fingerprint density at radius 1 is 0.946 bits per heavy atom. The molecule has 2 heterocycles. The first kappa shape index (κ1) is 26.2. The van der Waals surface area contributed by atoms with E-state index in [1.165, 1.54) is 0 Å². The molecule has 1 fully saturated rings. The summed E-state index contributed by atoms with van der Waals surface area (Å²) in [5.74, 6) is 0.120. The number of piperidine rings is 1. The van der Waals surface area contributed by atoms with E-state index in [1.54, 1.807) is 41.6 Å². The molecule has 4 rings (SSSR count). The van der Waals surface area contributed by atoms with Gasteiger partial charge in [-0.05, 0) is 68.8 Å². The van der Waals surface area contributed by atoms with Crippen molar-refractivity contribution in [3.05, 3.63) is 90.3 Å².